The van der Waals surface area contributed by atoms with Crippen LogP contribution in [0.5, 0.6) is 0 Å². The number of amides is 3. The molecule has 1 aliphatic rings. The maximum atomic E-state index is 11.6. The van der Waals surface area contributed by atoms with Gasteiger partial charge in [-0.05, 0) is 19.8 Å². The zero-order chi connectivity index (χ0) is 13.7. The number of carboxylic acid groups (broad SMARTS) is 1. The number of urea groups is 1. The molecule has 0 aliphatic heterocycles. The zero-order valence-electron chi connectivity index (χ0n) is 10.6. The molecule has 1 unspecified atom stereocenters. The average molecular weight is 257 g/mol. The van der Waals surface area contributed by atoms with E-state index in [-0.39, 0.29) is 24.9 Å². The Bertz CT molecular complexity index is 341. The molecule has 3 amide bonds. The molecule has 7 heteroatoms. The van der Waals surface area contributed by atoms with E-state index >= 15 is 0 Å². The summed E-state index contributed by atoms with van der Waals surface area (Å²) < 4.78 is 0. The van der Waals surface area contributed by atoms with Crippen molar-refractivity contribution in [2.24, 2.45) is 0 Å². The van der Waals surface area contributed by atoms with Gasteiger partial charge in [0, 0.05) is 19.1 Å². The normalized spacial score (nSPS) is 15.7. The van der Waals surface area contributed by atoms with Crippen LogP contribution in [0.15, 0.2) is 0 Å². The van der Waals surface area contributed by atoms with Gasteiger partial charge >= 0.3 is 12.0 Å². The van der Waals surface area contributed by atoms with Crippen LogP contribution in [0.3, 0.4) is 0 Å². The molecule has 0 spiro atoms. The van der Waals surface area contributed by atoms with Crippen LogP contribution in [0.1, 0.15) is 26.2 Å². The van der Waals surface area contributed by atoms with Gasteiger partial charge in [-0.15, -0.1) is 0 Å². The molecule has 1 aliphatic carbocycles. The summed E-state index contributed by atoms with van der Waals surface area (Å²) in [6.07, 6.45) is 1.85. The number of nitrogens with one attached hydrogen (secondary N) is 2. The molecule has 0 heterocycles. The van der Waals surface area contributed by atoms with E-state index in [0.29, 0.717) is 0 Å². The highest BCUT2D eigenvalue weighted by Crippen LogP contribution is 2.18. The van der Waals surface area contributed by atoms with Crippen molar-refractivity contribution in [1.82, 2.24) is 15.5 Å². The van der Waals surface area contributed by atoms with E-state index in [0.717, 1.165) is 12.8 Å². The summed E-state index contributed by atoms with van der Waals surface area (Å²) in [6.45, 7) is 1.58. The van der Waals surface area contributed by atoms with Gasteiger partial charge < -0.3 is 20.6 Å². The zero-order valence-corrected chi connectivity index (χ0v) is 10.6. The van der Waals surface area contributed by atoms with Gasteiger partial charge in [0.2, 0.25) is 5.91 Å². The third-order valence-corrected chi connectivity index (χ3v) is 2.52. The van der Waals surface area contributed by atoms with Gasteiger partial charge in [-0.2, -0.15) is 0 Å². The third kappa shape index (κ3) is 5.51. The second-order valence-electron chi connectivity index (χ2n) is 4.65. The van der Waals surface area contributed by atoms with Gasteiger partial charge in [0.1, 0.15) is 6.54 Å². The number of nitrogens with zero attached hydrogens (tertiary/aromatic N) is 1. The lowest BCUT2D eigenvalue weighted by Crippen LogP contribution is -2.46. The fourth-order valence-electron chi connectivity index (χ4n) is 1.42. The molecule has 18 heavy (non-hydrogen) atoms. The van der Waals surface area contributed by atoms with Crippen LogP contribution in [0.2, 0.25) is 0 Å². The Morgan fingerprint density at radius 3 is 2.50 bits per heavy atom. The Balaban J connectivity index is 2.26. The predicted molar refractivity (Wildman–Crippen MR) is 64.0 cm³/mol. The monoisotopic (exact) mass is 257 g/mol. The molecule has 1 rings (SSSR count). The highest BCUT2D eigenvalue weighted by Gasteiger charge is 2.24. The first-order chi connectivity index (χ1) is 8.38. The van der Waals surface area contributed by atoms with E-state index in [1.54, 1.807) is 6.92 Å². The fourth-order valence-corrected chi connectivity index (χ4v) is 1.42. The molecule has 0 aromatic carbocycles. The largest absolute Gasteiger partial charge is 0.481 e. The number of carbonyl (C=O) groups excluding carboxylic acids is 2. The van der Waals surface area contributed by atoms with Gasteiger partial charge in [-0.1, -0.05) is 0 Å². The standard InChI is InChI=1S/C11H19N3O4/c1-7(5-10(16)17)12-11(18)14(2)6-9(15)13-8-3-4-8/h7-8H,3-6H2,1-2H3,(H,12,18)(H,13,15)(H,16,17). The second-order valence-corrected chi connectivity index (χ2v) is 4.65. The van der Waals surface area contributed by atoms with Crippen LogP contribution in [-0.2, 0) is 9.59 Å². The molecule has 3 N–H and O–H groups in total. The minimum atomic E-state index is -0.975. The lowest BCUT2D eigenvalue weighted by Gasteiger charge is -2.20. The molecule has 0 saturated heterocycles. The molecule has 7 nitrogen and oxygen atoms in total. The molecule has 1 atom stereocenters. The summed E-state index contributed by atoms with van der Waals surface area (Å²) in [7, 11) is 1.50. The number of hydrogen-bond donors (Lipinski definition) is 3. The Labute approximate surface area is 106 Å². The van der Waals surface area contributed by atoms with Crippen molar-refractivity contribution >= 4 is 17.9 Å². The summed E-state index contributed by atoms with van der Waals surface area (Å²) >= 11 is 0. The Morgan fingerprint density at radius 1 is 1.39 bits per heavy atom. The highest BCUT2D eigenvalue weighted by molar-refractivity contribution is 5.84. The molecule has 102 valence electrons. The van der Waals surface area contributed by atoms with Gasteiger partial charge in [0.15, 0.2) is 0 Å². The van der Waals surface area contributed by atoms with Gasteiger partial charge in [-0.25, -0.2) is 4.79 Å². The third-order valence-electron chi connectivity index (χ3n) is 2.52. The van der Waals surface area contributed by atoms with Crippen molar-refractivity contribution < 1.29 is 19.5 Å². The minimum Gasteiger partial charge on any atom is -0.481 e. The molecule has 0 aromatic heterocycles. The number of carboxylic acids is 1. The van der Waals surface area contributed by atoms with Gasteiger partial charge in [0.25, 0.3) is 0 Å². The Hall–Kier alpha value is -1.79. The summed E-state index contributed by atoms with van der Waals surface area (Å²) in [6, 6.07) is -0.654. The van der Waals surface area contributed by atoms with Gasteiger partial charge in [-0.3, -0.25) is 9.59 Å². The van der Waals surface area contributed by atoms with Crippen LogP contribution < -0.4 is 10.6 Å². The van der Waals surface area contributed by atoms with Crippen LogP contribution in [-0.4, -0.2) is 53.6 Å². The van der Waals surface area contributed by atoms with Crippen LogP contribution in [0.25, 0.3) is 0 Å². The topological polar surface area (TPSA) is 98.7 Å². The smallest absolute Gasteiger partial charge is 0.317 e. The predicted octanol–water partition coefficient (Wildman–Crippen LogP) is -0.230. The Morgan fingerprint density at radius 2 is 2.00 bits per heavy atom. The number of rotatable bonds is 6. The van der Waals surface area contributed by atoms with E-state index in [2.05, 4.69) is 10.6 Å². The van der Waals surface area contributed by atoms with Crippen molar-refractivity contribution in [1.29, 1.82) is 0 Å². The number of hydrogen-bond acceptors (Lipinski definition) is 3. The molecule has 1 fully saturated rings. The number of carbonyl (C=O) groups is 3. The van der Waals surface area contributed by atoms with E-state index in [4.69, 9.17) is 5.11 Å². The van der Waals surface area contributed by atoms with Crippen LogP contribution >= 0.6 is 0 Å². The first-order valence-corrected chi connectivity index (χ1v) is 5.91. The van der Waals surface area contributed by atoms with Crippen molar-refractivity contribution in [3.63, 3.8) is 0 Å². The highest BCUT2D eigenvalue weighted by atomic mass is 16.4. The van der Waals surface area contributed by atoms with E-state index < -0.39 is 18.0 Å². The first-order valence-electron chi connectivity index (χ1n) is 5.91. The van der Waals surface area contributed by atoms with Crippen molar-refractivity contribution in [3.05, 3.63) is 0 Å². The number of aliphatic carboxylic acids is 1. The van der Waals surface area contributed by atoms with E-state index in [1.165, 1.54) is 11.9 Å². The SMILES string of the molecule is CC(CC(=O)O)NC(=O)N(C)CC(=O)NC1CC1. The van der Waals surface area contributed by atoms with Crippen LogP contribution in [0.4, 0.5) is 4.79 Å². The van der Waals surface area contributed by atoms with Crippen LogP contribution in [0, 0.1) is 0 Å². The van der Waals surface area contributed by atoms with Gasteiger partial charge in [0.05, 0.1) is 6.42 Å². The minimum absolute atomic E-state index is 0.0257. The Kier molecular flexibility index (Phi) is 4.94. The lowest BCUT2D eigenvalue weighted by atomic mass is 10.2. The summed E-state index contributed by atoms with van der Waals surface area (Å²) in [5.74, 6) is -1.17. The number of likely N-dealkylation sites (N-methyl/N-ethyl adjacent to an activating group) is 1. The maximum absolute atomic E-state index is 11.6. The quantitative estimate of drug-likeness (QED) is 0.612. The fraction of sp³-hybridized carbons (Fsp3) is 0.727. The molecular formula is C11H19N3O4. The average Bonchev–Trinajstić information content (AvgIpc) is 2.99. The molecular weight excluding hydrogens is 238 g/mol. The van der Waals surface area contributed by atoms with E-state index in [9.17, 15) is 14.4 Å². The van der Waals surface area contributed by atoms with E-state index in [1.807, 2.05) is 0 Å². The van der Waals surface area contributed by atoms with Crippen molar-refractivity contribution in [3.8, 4) is 0 Å². The molecule has 1 saturated carbocycles. The lowest BCUT2D eigenvalue weighted by molar-refractivity contribution is -0.137. The molecule has 0 bridgehead atoms. The van der Waals surface area contributed by atoms with Crippen molar-refractivity contribution in [2.75, 3.05) is 13.6 Å². The second kappa shape index (κ2) is 6.23. The maximum Gasteiger partial charge on any atom is 0.317 e. The first kappa shape index (κ1) is 14.3. The molecule has 0 aromatic rings. The summed E-state index contributed by atoms with van der Waals surface area (Å²) in [5, 5.41) is 13.8. The summed E-state index contributed by atoms with van der Waals surface area (Å²) in [4.78, 5) is 34.7. The van der Waals surface area contributed by atoms with Crippen molar-refractivity contribution in [2.45, 2.75) is 38.3 Å². The molecule has 0 radical (unpaired) electrons. The summed E-state index contributed by atoms with van der Waals surface area (Å²) in [5.41, 5.74) is 0.